The summed E-state index contributed by atoms with van der Waals surface area (Å²) < 4.78 is 10.2. The average Bonchev–Trinajstić information content (AvgIpc) is 3.08. The fourth-order valence-corrected chi connectivity index (χ4v) is 4.50. The van der Waals surface area contributed by atoms with Crippen molar-refractivity contribution in [3.8, 4) is 17.3 Å². The smallest absolute Gasteiger partial charge is 0.278 e. The fraction of sp³-hybridized carbons (Fsp3) is 0.154. The van der Waals surface area contributed by atoms with E-state index in [0.717, 1.165) is 27.7 Å². The number of hydrogen-bond acceptors (Lipinski definition) is 3. The van der Waals surface area contributed by atoms with Gasteiger partial charge in [0.25, 0.3) is 5.56 Å². The second-order valence-corrected chi connectivity index (χ2v) is 8.84. The van der Waals surface area contributed by atoms with Gasteiger partial charge < -0.3 is 10.1 Å². The molecule has 0 fully saturated rings. The van der Waals surface area contributed by atoms with Gasteiger partial charge in [-0.25, -0.2) is 9.36 Å². The Balaban J connectivity index is 1.55. The molecule has 1 aliphatic rings. The third-order valence-electron chi connectivity index (χ3n) is 5.69. The molecule has 0 unspecified atom stereocenters. The topological polar surface area (TPSA) is 65.3 Å². The summed E-state index contributed by atoms with van der Waals surface area (Å²) in [5.41, 5.74) is 3.80. The number of halogens is 1. The molecular formula is C26H22BrN3O3. The number of aromatic nitrogens is 2. The lowest BCUT2D eigenvalue weighted by atomic mass is 10.0. The van der Waals surface area contributed by atoms with Crippen LogP contribution in [0.15, 0.2) is 82.1 Å². The monoisotopic (exact) mass is 503 g/mol. The first kappa shape index (κ1) is 21.3. The summed E-state index contributed by atoms with van der Waals surface area (Å²) in [6.45, 7) is 2.00. The summed E-state index contributed by atoms with van der Waals surface area (Å²) in [6, 6.07) is 22.8. The number of nitrogens with zero attached hydrogens (tertiary/aromatic N) is 2. The molecule has 33 heavy (non-hydrogen) atoms. The lowest BCUT2D eigenvalue weighted by Gasteiger charge is -2.20. The van der Waals surface area contributed by atoms with Gasteiger partial charge in [-0.05, 0) is 54.4 Å². The van der Waals surface area contributed by atoms with E-state index in [9.17, 15) is 9.59 Å². The SMILES string of the molecule is CCc1cccc(NC(=O)Cn2c3c(c(=O)n2-c2ccccc2)Cc2cc(Br)ccc2O3)c1. The van der Waals surface area contributed by atoms with E-state index in [1.165, 1.54) is 4.68 Å². The number of carbonyl (C=O) groups excluding carboxylic acids is 1. The van der Waals surface area contributed by atoms with Crippen LogP contribution in [0.4, 0.5) is 5.69 Å². The number of hydrogen-bond donors (Lipinski definition) is 1. The van der Waals surface area contributed by atoms with Crippen LogP contribution in [0.25, 0.3) is 5.69 Å². The van der Waals surface area contributed by atoms with E-state index in [2.05, 4.69) is 28.2 Å². The van der Waals surface area contributed by atoms with Crippen molar-refractivity contribution in [3.63, 3.8) is 0 Å². The van der Waals surface area contributed by atoms with Gasteiger partial charge in [0, 0.05) is 22.1 Å². The van der Waals surface area contributed by atoms with Crippen LogP contribution in [0.1, 0.15) is 23.6 Å². The molecule has 2 heterocycles. The van der Waals surface area contributed by atoms with Crippen LogP contribution < -0.4 is 15.6 Å². The molecule has 4 aromatic rings. The van der Waals surface area contributed by atoms with Gasteiger partial charge in [0.1, 0.15) is 12.3 Å². The third kappa shape index (κ3) is 4.12. The van der Waals surface area contributed by atoms with Crippen LogP contribution in [0.3, 0.4) is 0 Å². The van der Waals surface area contributed by atoms with Crippen molar-refractivity contribution in [2.45, 2.75) is 26.3 Å². The van der Waals surface area contributed by atoms with E-state index in [0.29, 0.717) is 29.3 Å². The summed E-state index contributed by atoms with van der Waals surface area (Å²) in [7, 11) is 0. The predicted octanol–water partition coefficient (Wildman–Crippen LogP) is 5.30. The van der Waals surface area contributed by atoms with E-state index >= 15 is 0 Å². The number of amides is 1. The van der Waals surface area contributed by atoms with Gasteiger partial charge in [0.2, 0.25) is 11.8 Å². The highest BCUT2D eigenvalue weighted by Crippen LogP contribution is 2.37. The molecule has 1 N–H and O–H groups in total. The van der Waals surface area contributed by atoms with Crippen LogP contribution in [-0.2, 0) is 24.2 Å². The lowest BCUT2D eigenvalue weighted by molar-refractivity contribution is -0.117. The Kier molecular flexibility index (Phi) is 5.64. The molecule has 3 aromatic carbocycles. The van der Waals surface area contributed by atoms with Crippen molar-refractivity contribution in [1.29, 1.82) is 0 Å². The van der Waals surface area contributed by atoms with Crippen LogP contribution >= 0.6 is 15.9 Å². The van der Waals surface area contributed by atoms with Crippen molar-refractivity contribution in [3.05, 3.63) is 104 Å². The van der Waals surface area contributed by atoms with E-state index < -0.39 is 0 Å². The van der Waals surface area contributed by atoms with Crippen molar-refractivity contribution in [2.24, 2.45) is 0 Å². The maximum Gasteiger partial charge on any atom is 0.278 e. The number of carbonyl (C=O) groups is 1. The van der Waals surface area contributed by atoms with Gasteiger partial charge in [-0.1, -0.05) is 53.2 Å². The highest BCUT2D eigenvalue weighted by molar-refractivity contribution is 9.10. The zero-order valence-corrected chi connectivity index (χ0v) is 19.6. The van der Waals surface area contributed by atoms with Gasteiger partial charge in [-0.15, -0.1) is 0 Å². The molecule has 1 aromatic heterocycles. The number of aryl methyl sites for hydroxylation is 1. The largest absolute Gasteiger partial charge is 0.439 e. The highest BCUT2D eigenvalue weighted by Gasteiger charge is 2.29. The molecule has 166 valence electrons. The van der Waals surface area contributed by atoms with Crippen molar-refractivity contribution in [1.82, 2.24) is 9.36 Å². The first-order valence-electron chi connectivity index (χ1n) is 10.8. The molecule has 0 saturated heterocycles. The van der Waals surface area contributed by atoms with E-state index in [4.69, 9.17) is 4.74 Å². The molecule has 0 bridgehead atoms. The Bertz CT molecular complexity index is 1410. The van der Waals surface area contributed by atoms with Crippen LogP contribution in [0.5, 0.6) is 11.6 Å². The third-order valence-corrected chi connectivity index (χ3v) is 6.19. The van der Waals surface area contributed by atoms with Gasteiger partial charge in [0.05, 0.1) is 11.3 Å². The Labute approximate surface area is 199 Å². The number of ether oxygens (including phenoxy) is 1. The normalized spacial score (nSPS) is 11.9. The lowest BCUT2D eigenvalue weighted by Crippen LogP contribution is -2.27. The van der Waals surface area contributed by atoms with E-state index in [-0.39, 0.29) is 18.0 Å². The quantitative estimate of drug-likeness (QED) is 0.354. The number of anilines is 1. The molecule has 1 aliphatic heterocycles. The Morgan fingerprint density at radius 1 is 1.06 bits per heavy atom. The van der Waals surface area contributed by atoms with Gasteiger partial charge in [-0.3, -0.25) is 9.59 Å². The summed E-state index contributed by atoms with van der Waals surface area (Å²) in [5.74, 6) is 0.841. The van der Waals surface area contributed by atoms with Gasteiger partial charge in [-0.2, -0.15) is 0 Å². The Hall–Kier alpha value is -3.58. The van der Waals surface area contributed by atoms with E-state index in [1.54, 1.807) is 4.68 Å². The molecule has 6 nitrogen and oxygen atoms in total. The number of para-hydroxylation sites is 1. The number of fused-ring (bicyclic) bond motifs is 2. The minimum Gasteiger partial charge on any atom is -0.439 e. The van der Waals surface area contributed by atoms with Crippen LogP contribution in [0, 0.1) is 0 Å². The second kappa shape index (κ2) is 8.75. The molecule has 0 saturated carbocycles. The van der Waals surface area contributed by atoms with Crippen molar-refractivity contribution < 1.29 is 9.53 Å². The zero-order chi connectivity index (χ0) is 22.9. The van der Waals surface area contributed by atoms with Crippen molar-refractivity contribution >= 4 is 27.5 Å². The van der Waals surface area contributed by atoms with Crippen LogP contribution in [0.2, 0.25) is 0 Å². The molecule has 0 spiro atoms. The Morgan fingerprint density at radius 3 is 2.67 bits per heavy atom. The molecule has 7 heteroatoms. The number of rotatable bonds is 5. The standard InChI is InChI=1S/C26H22BrN3O3/c1-2-17-7-6-8-20(13-17)28-24(31)16-29-26-22(15-18-14-19(27)11-12-23(18)33-26)25(32)30(29)21-9-4-3-5-10-21/h3-14H,2,15-16H2,1H3,(H,28,31). The first-order chi connectivity index (χ1) is 16.0. The maximum atomic E-state index is 13.5. The molecule has 0 aliphatic carbocycles. The fourth-order valence-electron chi connectivity index (χ4n) is 4.10. The zero-order valence-electron chi connectivity index (χ0n) is 18.0. The molecule has 5 rings (SSSR count). The number of nitrogens with one attached hydrogen (secondary N) is 1. The van der Waals surface area contributed by atoms with Gasteiger partial charge in [0.15, 0.2) is 0 Å². The van der Waals surface area contributed by atoms with Gasteiger partial charge >= 0.3 is 0 Å². The summed E-state index contributed by atoms with van der Waals surface area (Å²) in [6.07, 6.45) is 1.31. The molecule has 0 atom stereocenters. The summed E-state index contributed by atoms with van der Waals surface area (Å²) in [5, 5.41) is 2.95. The summed E-state index contributed by atoms with van der Waals surface area (Å²) >= 11 is 3.48. The summed E-state index contributed by atoms with van der Waals surface area (Å²) in [4.78, 5) is 26.5. The first-order valence-corrected chi connectivity index (χ1v) is 11.6. The molecular weight excluding hydrogens is 482 g/mol. The average molecular weight is 504 g/mol. The maximum absolute atomic E-state index is 13.5. The second-order valence-electron chi connectivity index (χ2n) is 7.93. The minimum atomic E-state index is -0.240. The minimum absolute atomic E-state index is 0.0678. The molecule has 0 radical (unpaired) electrons. The predicted molar refractivity (Wildman–Crippen MR) is 132 cm³/mol. The molecule has 1 amide bonds. The highest BCUT2D eigenvalue weighted by atomic mass is 79.9. The Morgan fingerprint density at radius 2 is 1.88 bits per heavy atom. The van der Waals surface area contributed by atoms with Crippen molar-refractivity contribution in [2.75, 3.05) is 5.32 Å². The van der Waals surface area contributed by atoms with Crippen LogP contribution in [-0.4, -0.2) is 15.3 Å². The van der Waals surface area contributed by atoms with E-state index in [1.807, 2.05) is 72.8 Å². The number of benzene rings is 3.